The van der Waals surface area contributed by atoms with Crippen LogP contribution in [0.5, 0.6) is 0 Å². The van der Waals surface area contributed by atoms with Gasteiger partial charge in [-0.1, -0.05) is 11.8 Å². The summed E-state index contributed by atoms with van der Waals surface area (Å²) in [5.41, 5.74) is 0.806. The van der Waals surface area contributed by atoms with Crippen molar-refractivity contribution >= 4 is 27.7 Å². The molecule has 1 N–H and O–H groups in total. The van der Waals surface area contributed by atoms with E-state index in [9.17, 15) is 4.79 Å². The number of thioether (sulfide) groups is 1. The Morgan fingerprint density at radius 1 is 1.31 bits per heavy atom. The van der Waals surface area contributed by atoms with E-state index in [2.05, 4.69) is 30.9 Å². The Labute approximate surface area is 105 Å². The second-order valence-electron chi connectivity index (χ2n) is 3.00. The first-order valence-corrected chi connectivity index (χ1v) is 6.30. The van der Waals surface area contributed by atoms with Crippen molar-refractivity contribution in [1.82, 2.24) is 15.0 Å². The van der Waals surface area contributed by atoms with Crippen LogP contribution in [0.2, 0.25) is 0 Å². The van der Waals surface area contributed by atoms with Crippen molar-refractivity contribution in [2.24, 2.45) is 0 Å². The first-order chi connectivity index (χ1) is 7.74. The number of pyridine rings is 1. The summed E-state index contributed by atoms with van der Waals surface area (Å²) in [4.78, 5) is 21.9. The molecule has 16 heavy (non-hydrogen) atoms. The highest BCUT2D eigenvalue weighted by molar-refractivity contribution is 9.10. The lowest BCUT2D eigenvalue weighted by Crippen LogP contribution is -2.05. The van der Waals surface area contributed by atoms with Gasteiger partial charge in [0.15, 0.2) is 5.16 Å². The minimum atomic E-state index is -0.138. The van der Waals surface area contributed by atoms with Crippen molar-refractivity contribution in [3.05, 3.63) is 51.1 Å². The molecule has 6 heteroatoms. The Morgan fingerprint density at radius 2 is 2.19 bits per heavy atom. The van der Waals surface area contributed by atoms with E-state index < -0.39 is 0 Å². The van der Waals surface area contributed by atoms with Gasteiger partial charge in [0.05, 0.1) is 5.69 Å². The fraction of sp³-hybridized carbons (Fsp3) is 0.100. The molecule has 0 saturated carbocycles. The van der Waals surface area contributed by atoms with Gasteiger partial charge in [-0.2, -0.15) is 0 Å². The molecule has 4 nitrogen and oxygen atoms in total. The van der Waals surface area contributed by atoms with Crippen LogP contribution in [0.1, 0.15) is 5.69 Å². The summed E-state index contributed by atoms with van der Waals surface area (Å²) in [6, 6.07) is 5.25. The molecule has 0 aliphatic heterocycles. The van der Waals surface area contributed by atoms with Crippen LogP contribution < -0.4 is 5.56 Å². The zero-order chi connectivity index (χ0) is 11.4. The largest absolute Gasteiger partial charge is 0.301 e. The second-order valence-corrected chi connectivity index (χ2v) is 4.88. The van der Waals surface area contributed by atoms with Gasteiger partial charge in [0.2, 0.25) is 0 Å². The zero-order valence-electron chi connectivity index (χ0n) is 8.18. The summed E-state index contributed by atoms with van der Waals surface area (Å²) >= 11 is 4.77. The van der Waals surface area contributed by atoms with Gasteiger partial charge in [-0.25, -0.2) is 4.98 Å². The van der Waals surface area contributed by atoms with Crippen LogP contribution in [-0.4, -0.2) is 15.0 Å². The summed E-state index contributed by atoms with van der Waals surface area (Å²) in [6.45, 7) is 0. The minimum Gasteiger partial charge on any atom is -0.301 e. The molecular weight excluding hydrogens is 290 g/mol. The highest BCUT2D eigenvalue weighted by Gasteiger charge is 1.99. The predicted octanol–water partition coefficient (Wildman–Crippen LogP) is 2.22. The van der Waals surface area contributed by atoms with Crippen LogP contribution in [0.4, 0.5) is 0 Å². The number of hydrogen-bond donors (Lipinski definition) is 1. The normalized spacial score (nSPS) is 10.3. The number of aromatic nitrogens is 3. The molecule has 0 aliphatic rings. The van der Waals surface area contributed by atoms with Crippen LogP contribution >= 0.6 is 27.7 Å². The van der Waals surface area contributed by atoms with E-state index in [0.717, 1.165) is 10.2 Å². The lowest BCUT2D eigenvalue weighted by atomic mass is 10.4. The van der Waals surface area contributed by atoms with Crippen LogP contribution in [0.3, 0.4) is 0 Å². The van der Waals surface area contributed by atoms with Gasteiger partial charge in [0, 0.05) is 28.7 Å². The predicted molar refractivity (Wildman–Crippen MR) is 66.4 cm³/mol. The van der Waals surface area contributed by atoms with Crippen molar-refractivity contribution in [3.63, 3.8) is 0 Å². The number of hydrogen-bond acceptors (Lipinski definition) is 4. The minimum absolute atomic E-state index is 0.138. The van der Waals surface area contributed by atoms with E-state index in [1.807, 2.05) is 12.1 Å². The molecule has 0 amide bonds. The van der Waals surface area contributed by atoms with Crippen molar-refractivity contribution in [3.8, 4) is 0 Å². The van der Waals surface area contributed by atoms with E-state index in [-0.39, 0.29) is 5.56 Å². The molecule has 2 heterocycles. The maximum atomic E-state index is 11.0. The summed E-state index contributed by atoms with van der Waals surface area (Å²) in [7, 11) is 0. The third-order valence-corrected chi connectivity index (χ3v) is 3.18. The molecule has 0 atom stereocenters. The summed E-state index contributed by atoms with van der Waals surface area (Å²) in [5.74, 6) is 0.681. The number of nitrogens with one attached hydrogen (secondary N) is 1. The first-order valence-electron chi connectivity index (χ1n) is 4.52. The van der Waals surface area contributed by atoms with E-state index in [1.54, 1.807) is 6.20 Å². The maximum Gasteiger partial charge on any atom is 0.251 e. The summed E-state index contributed by atoms with van der Waals surface area (Å²) in [6.07, 6.45) is 3.24. The van der Waals surface area contributed by atoms with Crippen molar-refractivity contribution in [1.29, 1.82) is 0 Å². The van der Waals surface area contributed by atoms with E-state index >= 15 is 0 Å². The van der Waals surface area contributed by atoms with Gasteiger partial charge in [0.25, 0.3) is 5.56 Å². The fourth-order valence-corrected chi connectivity index (χ4v) is 2.06. The Balaban J connectivity index is 2.02. The lowest BCUT2D eigenvalue weighted by molar-refractivity contribution is 0.935. The smallest absolute Gasteiger partial charge is 0.251 e. The molecule has 2 aromatic heterocycles. The number of aromatic amines is 1. The summed E-state index contributed by atoms with van der Waals surface area (Å²) in [5, 5.41) is 0.609. The molecular formula is C10H8BrN3OS. The molecule has 0 spiro atoms. The fourth-order valence-electron chi connectivity index (χ4n) is 1.06. The third-order valence-electron chi connectivity index (χ3n) is 1.79. The molecule has 0 radical (unpaired) electrons. The standard InChI is InChI=1S/C10H8BrN3OS/c11-7-1-2-8(13-5-7)6-16-10-12-4-3-9(15)14-10/h1-5H,6H2,(H,12,14,15). The summed E-state index contributed by atoms with van der Waals surface area (Å²) < 4.78 is 0.951. The van der Waals surface area contributed by atoms with Crippen molar-refractivity contribution in [2.45, 2.75) is 10.9 Å². The monoisotopic (exact) mass is 297 g/mol. The molecule has 2 rings (SSSR count). The Hall–Kier alpha value is -1.14. The van der Waals surface area contributed by atoms with Crippen LogP contribution in [0.25, 0.3) is 0 Å². The average molecular weight is 298 g/mol. The van der Waals surface area contributed by atoms with Gasteiger partial charge < -0.3 is 4.98 Å². The van der Waals surface area contributed by atoms with Gasteiger partial charge >= 0.3 is 0 Å². The molecule has 82 valence electrons. The molecule has 0 saturated heterocycles. The van der Waals surface area contributed by atoms with Crippen LogP contribution in [0, 0.1) is 0 Å². The third kappa shape index (κ3) is 3.18. The number of H-pyrrole nitrogens is 1. The SMILES string of the molecule is O=c1ccnc(SCc2ccc(Br)cn2)[nH]1. The highest BCUT2D eigenvalue weighted by Crippen LogP contribution is 2.17. The molecule has 0 fully saturated rings. The Kier molecular flexibility index (Phi) is 3.74. The van der Waals surface area contributed by atoms with Crippen LogP contribution in [-0.2, 0) is 5.75 Å². The molecule has 2 aromatic rings. The van der Waals surface area contributed by atoms with Gasteiger partial charge in [0.1, 0.15) is 0 Å². The Morgan fingerprint density at radius 3 is 2.88 bits per heavy atom. The molecule has 0 aromatic carbocycles. The first kappa shape index (κ1) is 11.3. The number of nitrogens with zero attached hydrogens (tertiary/aromatic N) is 2. The molecule has 0 aliphatic carbocycles. The van der Waals surface area contributed by atoms with Crippen molar-refractivity contribution in [2.75, 3.05) is 0 Å². The Bertz CT molecular complexity index is 526. The zero-order valence-corrected chi connectivity index (χ0v) is 10.6. The molecule has 0 bridgehead atoms. The molecule has 0 unspecified atom stereocenters. The number of halogens is 1. The van der Waals surface area contributed by atoms with E-state index in [0.29, 0.717) is 10.9 Å². The number of rotatable bonds is 3. The average Bonchev–Trinajstić information content (AvgIpc) is 2.28. The van der Waals surface area contributed by atoms with E-state index in [4.69, 9.17) is 0 Å². The van der Waals surface area contributed by atoms with E-state index in [1.165, 1.54) is 24.0 Å². The van der Waals surface area contributed by atoms with Crippen molar-refractivity contribution < 1.29 is 0 Å². The van der Waals surface area contributed by atoms with Gasteiger partial charge in [-0.05, 0) is 28.1 Å². The van der Waals surface area contributed by atoms with Gasteiger partial charge in [-0.3, -0.25) is 9.78 Å². The second kappa shape index (κ2) is 5.27. The highest BCUT2D eigenvalue weighted by atomic mass is 79.9. The maximum absolute atomic E-state index is 11.0. The van der Waals surface area contributed by atoms with Gasteiger partial charge in [-0.15, -0.1) is 0 Å². The lowest BCUT2D eigenvalue weighted by Gasteiger charge is -1.99. The topological polar surface area (TPSA) is 58.6 Å². The van der Waals surface area contributed by atoms with Crippen LogP contribution in [0.15, 0.2) is 45.0 Å². The quantitative estimate of drug-likeness (QED) is 0.697.